The van der Waals surface area contributed by atoms with E-state index >= 15 is 0 Å². The number of thioether (sulfide) groups is 2. The average Bonchev–Trinajstić information content (AvgIpc) is 2.70. The Balaban J connectivity index is 1.46. The molecule has 0 aromatic heterocycles. The van der Waals surface area contributed by atoms with Crippen molar-refractivity contribution in [2.75, 3.05) is 24.6 Å². The van der Waals surface area contributed by atoms with Gasteiger partial charge in [-0.25, -0.2) is 0 Å². The van der Waals surface area contributed by atoms with Crippen molar-refractivity contribution in [3.8, 4) is 11.5 Å². The van der Waals surface area contributed by atoms with Crippen LogP contribution in [-0.2, 0) is 9.59 Å². The smallest absolute Gasteiger partial charge is 0.229 e. The first kappa shape index (κ1) is 23.0. The number of nitrogens with one attached hydrogen (secondary N) is 2. The highest BCUT2D eigenvalue weighted by molar-refractivity contribution is 7.99. The van der Waals surface area contributed by atoms with Crippen LogP contribution < -0.4 is 10.6 Å². The zero-order valence-electron chi connectivity index (χ0n) is 16.1. The summed E-state index contributed by atoms with van der Waals surface area (Å²) >= 11 is 3.31. The first-order chi connectivity index (χ1) is 14.0. The van der Waals surface area contributed by atoms with Crippen molar-refractivity contribution < 1.29 is 19.8 Å². The van der Waals surface area contributed by atoms with Gasteiger partial charge in [-0.3, -0.25) is 9.59 Å². The van der Waals surface area contributed by atoms with Gasteiger partial charge in [0.05, 0.1) is 0 Å². The monoisotopic (exact) mass is 434 g/mol. The molecule has 2 aromatic carbocycles. The van der Waals surface area contributed by atoms with E-state index in [0.717, 1.165) is 34.1 Å². The Labute approximate surface area is 179 Å². The minimum absolute atomic E-state index is 0.157. The number of phenolic OH excluding ortho intramolecular Hbond substituents is 2. The molecule has 0 unspecified atom stereocenters. The molecule has 0 radical (unpaired) electrons. The highest BCUT2D eigenvalue weighted by Gasteiger charge is 2.08. The van der Waals surface area contributed by atoms with Crippen LogP contribution in [0, 0.1) is 0 Å². The second-order valence-corrected chi connectivity index (χ2v) is 8.61. The number of carbonyl (C=O) groups excluding carboxylic acids is 2. The molecule has 0 atom stereocenters. The SMILES string of the molecule is O=C(CC(=O)NCCCSc1ccc(O)cc1)NCCCSc1ccc(O)cc1. The number of hydrogen-bond donors (Lipinski definition) is 4. The molecule has 4 N–H and O–H groups in total. The van der Waals surface area contributed by atoms with Gasteiger partial charge in [0.15, 0.2) is 0 Å². The molecular formula is C21H26N2O4S2. The molecule has 0 saturated heterocycles. The Morgan fingerprint density at radius 1 is 0.690 bits per heavy atom. The number of carbonyl (C=O) groups is 2. The Morgan fingerprint density at radius 3 is 1.45 bits per heavy atom. The maximum atomic E-state index is 11.8. The number of phenols is 2. The van der Waals surface area contributed by atoms with Crippen molar-refractivity contribution in [3.63, 3.8) is 0 Å². The second kappa shape index (κ2) is 13.0. The summed E-state index contributed by atoms with van der Waals surface area (Å²) in [5.74, 6) is 1.64. The second-order valence-electron chi connectivity index (χ2n) is 6.27. The molecule has 0 heterocycles. The van der Waals surface area contributed by atoms with Crippen molar-refractivity contribution in [2.24, 2.45) is 0 Å². The maximum Gasteiger partial charge on any atom is 0.229 e. The van der Waals surface area contributed by atoms with Gasteiger partial charge in [0, 0.05) is 22.9 Å². The van der Waals surface area contributed by atoms with Crippen LogP contribution in [0.5, 0.6) is 11.5 Å². The summed E-state index contributed by atoms with van der Waals surface area (Å²) in [6.45, 7) is 1.06. The standard InChI is InChI=1S/C21H26N2O4S2/c24-16-3-7-18(8-4-16)28-13-1-11-22-20(26)15-21(27)23-12-2-14-29-19-9-5-17(25)6-10-19/h3-10,24-25H,1-2,11-15H2,(H,22,26)(H,23,27). The van der Waals surface area contributed by atoms with Gasteiger partial charge in [0.25, 0.3) is 0 Å². The molecule has 0 fully saturated rings. The summed E-state index contributed by atoms with van der Waals surface area (Å²) in [6.07, 6.45) is 1.44. The van der Waals surface area contributed by atoms with E-state index in [0.29, 0.717) is 13.1 Å². The Bertz CT molecular complexity index is 702. The molecule has 0 bridgehead atoms. The van der Waals surface area contributed by atoms with Crippen molar-refractivity contribution in [3.05, 3.63) is 48.5 Å². The van der Waals surface area contributed by atoms with Crippen LogP contribution in [0.1, 0.15) is 19.3 Å². The van der Waals surface area contributed by atoms with Crippen LogP contribution in [0.25, 0.3) is 0 Å². The van der Waals surface area contributed by atoms with E-state index in [1.165, 1.54) is 0 Å². The number of aromatic hydroxyl groups is 2. The van der Waals surface area contributed by atoms with Crippen LogP contribution in [0.4, 0.5) is 0 Å². The summed E-state index contributed by atoms with van der Waals surface area (Å²) in [4.78, 5) is 25.7. The first-order valence-corrected chi connectivity index (χ1v) is 11.4. The lowest BCUT2D eigenvalue weighted by Gasteiger charge is -2.07. The van der Waals surface area contributed by atoms with E-state index in [1.54, 1.807) is 47.8 Å². The lowest BCUT2D eigenvalue weighted by molar-refractivity contribution is -0.129. The fourth-order valence-corrected chi connectivity index (χ4v) is 4.04. The van der Waals surface area contributed by atoms with Crippen molar-refractivity contribution in [2.45, 2.75) is 29.1 Å². The van der Waals surface area contributed by atoms with Gasteiger partial charge in [0.1, 0.15) is 17.9 Å². The molecule has 2 amide bonds. The van der Waals surface area contributed by atoms with E-state index in [2.05, 4.69) is 10.6 Å². The number of benzene rings is 2. The summed E-state index contributed by atoms with van der Waals surface area (Å²) < 4.78 is 0. The van der Waals surface area contributed by atoms with Crippen molar-refractivity contribution in [1.29, 1.82) is 0 Å². The van der Waals surface area contributed by atoms with Crippen molar-refractivity contribution in [1.82, 2.24) is 10.6 Å². The number of rotatable bonds is 12. The van der Waals surface area contributed by atoms with Gasteiger partial charge in [-0.1, -0.05) is 0 Å². The average molecular weight is 435 g/mol. The lowest BCUT2D eigenvalue weighted by atomic mass is 10.3. The predicted octanol–water partition coefficient (Wildman–Crippen LogP) is 3.38. The number of amides is 2. The summed E-state index contributed by atoms with van der Waals surface area (Å²) in [5, 5.41) is 24.0. The summed E-state index contributed by atoms with van der Waals surface area (Å²) in [5.41, 5.74) is 0. The minimum Gasteiger partial charge on any atom is -0.508 e. The Hall–Kier alpha value is -2.32. The fourth-order valence-electron chi connectivity index (χ4n) is 2.34. The molecule has 8 heteroatoms. The highest BCUT2D eigenvalue weighted by atomic mass is 32.2. The van der Waals surface area contributed by atoms with Crippen molar-refractivity contribution >= 4 is 35.3 Å². The molecule has 2 rings (SSSR count). The molecule has 29 heavy (non-hydrogen) atoms. The molecule has 0 spiro atoms. The summed E-state index contributed by atoms with van der Waals surface area (Å²) in [6, 6.07) is 14.0. The molecule has 2 aromatic rings. The lowest BCUT2D eigenvalue weighted by Crippen LogP contribution is -2.33. The van der Waals surface area contributed by atoms with E-state index < -0.39 is 0 Å². The van der Waals surface area contributed by atoms with Gasteiger partial charge in [0.2, 0.25) is 11.8 Å². The Kier molecular flexibility index (Phi) is 10.3. The zero-order valence-corrected chi connectivity index (χ0v) is 17.7. The molecule has 0 saturated carbocycles. The van der Waals surface area contributed by atoms with E-state index in [1.807, 2.05) is 24.3 Å². The quantitative estimate of drug-likeness (QED) is 0.232. The topological polar surface area (TPSA) is 98.7 Å². The van der Waals surface area contributed by atoms with Gasteiger partial charge >= 0.3 is 0 Å². The van der Waals surface area contributed by atoms with Gasteiger partial charge in [-0.05, 0) is 72.9 Å². The largest absolute Gasteiger partial charge is 0.508 e. The first-order valence-electron chi connectivity index (χ1n) is 9.40. The molecular weight excluding hydrogens is 408 g/mol. The molecule has 156 valence electrons. The third kappa shape index (κ3) is 10.1. The maximum absolute atomic E-state index is 11.8. The van der Waals surface area contributed by atoms with Gasteiger partial charge in [-0.2, -0.15) is 0 Å². The van der Waals surface area contributed by atoms with Crippen LogP contribution >= 0.6 is 23.5 Å². The third-order valence-electron chi connectivity index (χ3n) is 3.82. The van der Waals surface area contributed by atoms with Crippen LogP contribution in [0.2, 0.25) is 0 Å². The zero-order chi connectivity index (χ0) is 20.9. The minimum atomic E-state index is -0.268. The predicted molar refractivity (Wildman–Crippen MR) is 118 cm³/mol. The molecule has 6 nitrogen and oxygen atoms in total. The van der Waals surface area contributed by atoms with Crippen LogP contribution in [0.3, 0.4) is 0 Å². The third-order valence-corrected chi connectivity index (χ3v) is 6.02. The van der Waals surface area contributed by atoms with E-state index in [-0.39, 0.29) is 29.7 Å². The van der Waals surface area contributed by atoms with E-state index in [9.17, 15) is 19.8 Å². The Morgan fingerprint density at radius 2 is 1.07 bits per heavy atom. The van der Waals surface area contributed by atoms with E-state index in [4.69, 9.17) is 0 Å². The van der Waals surface area contributed by atoms with Gasteiger partial charge in [-0.15, -0.1) is 23.5 Å². The number of hydrogen-bond acceptors (Lipinski definition) is 6. The molecule has 0 aliphatic rings. The fraction of sp³-hybridized carbons (Fsp3) is 0.333. The normalized spacial score (nSPS) is 10.5. The summed E-state index contributed by atoms with van der Waals surface area (Å²) in [7, 11) is 0. The van der Waals surface area contributed by atoms with Crippen LogP contribution in [0.15, 0.2) is 58.3 Å². The molecule has 0 aliphatic carbocycles. The highest BCUT2D eigenvalue weighted by Crippen LogP contribution is 2.21. The van der Waals surface area contributed by atoms with Crippen LogP contribution in [-0.4, -0.2) is 46.6 Å². The molecule has 0 aliphatic heterocycles. The van der Waals surface area contributed by atoms with Gasteiger partial charge < -0.3 is 20.8 Å².